The Morgan fingerprint density at radius 2 is 1.63 bits per heavy atom. The molecule has 5 nitrogen and oxygen atoms in total. The molecule has 0 unspecified atom stereocenters. The van der Waals surface area contributed by atoms with Crippen LogP contribution in [-0.2, 0) is 0 Å². The van der Waals surface area contributed by atoms with E-state index < -0.39 is 0 Å². The van der Waals surface area contributed by atoms with Crippen molar-refractivity contribution < 1.29 is 18.7 Å². The van der Waals surface area contributed by atoms with Crippen LogP contribution in [-0.4, -0.2) is 13.0 Å². The van der Waals surface area contributed by atoms with Crippen LogP contribution in [0, 0.1) is 0 Å². The molecule has 3 aromatic carbocycles. The number of carbonyl (C=O) groups is 1. The predicted octanol–water partition coefficient (Wildman–Crippen LogP) is 5.49. The summed E-state index contributed by atoms with van der Waals surface area (Å²) in [4.78, 5) is 12.5. The third-order valence-corrected chi connectivity index (χ3v) is 4.04. The van der Waals surface area contributed by atoms with E-state index in [1.807, 2.05) is 42.5 Å². The summed E-state index contributed by atoms with van der Waals surface area (Å²) in [6.45, 7) is 0. The van der Waals surface area contributed by atoms with Crippen LogP contribution in [0.4, 0.5) is 5.69 Å². The van der Waals surface area contributed by atoms with E-state index in [1.54, 1.807) is 43.5 Å². The minimum absolute atomic E-state index is 0.221. The number of benzene rings is 3. The highest BCUT2D eigenvalue weighted by Gasteiger charge is 2.15. The molecule has 134 valence electrons. The van der Waals surface area contributed by atoms with Gasteiger partial charge >= 0.3 is 0 Å². The first-order valence-electron chi connectivity index (χ1n) is 8.44. The number of furan rings is 1. The summed E-state index contributed by atoms with van der Waals surface area (Å²) in [6, 6.07) is 23.9. The Labute approximate surface area is 156 Å². The van der Waals surface area contributed by atoms with Gasteiger partial charge in [0.1, 0.15) is 11.5 Å². The zero-order chi connectivity index (χ0) is 18.6. The number of anilines is 1. The molecule has 0 saturated carbocycles. The fourth-order valence-corrected chi connectivity index (χ4v) is 2.73. The highest BCUT2D eigenvalue weighted by molar-refractivity contribution is 6.05. The Hall–Kier alpha value is -3.73. The molecule has 5 heteroatoms. The number of amides is 1. The van der Waals surface area contributed by atoms with Gasteiger partial charge in [-0.1, -0.05) is 30.3 Å². The van der Waals surface area contributed by atoms with E-state index in [0.29, 0.717) is 22.8 Å². The lowest BCUT2D eigenvalue weighted by atomic mass is 10.2. The third kappa shape index (κ3) is 3.62. The molecule has 0 spiro atoms. The Bertz CT molecular complexity index is 1070. The number of ether oxygens (including phenoxy) is 2. The molecule has 27 heavy (non-hydrogen) atoms. The molecule has 1 aromatic heterocycles. The molecular weight excluding hydrogens is 342 g/mol. The summed E-state index contributed by atoms with van der Waals surface area (Å²) in [5, 5.41) is 3.63. The molecule has 1 amide bonds. The zero-order valence-corrected chi connectivity index (χ0v) is 14.6. The summed E-state index contributed by atoms with van der Waals surface area (Å²) < 4.78 is 16.7. The van der Waals surface area contributed by atoms with Gasteiger partial charge in [0.05, 0.1) is 7.11 Å². The molecule has 0 atom stereocenters. The van der Waals surface area contributed by atoms with Crippen molar-refractivity contribution in [2.24, 2.45) is 0 Å². The van der Waals surface area contributed by atoms with Gasteiger partial charge in [0, 0.05) is 11.1 Å². The molecule has 4 aromatic rings. The van der Waals surface area contributed by atoms with Crippen LogP contribution in [0.3, 0.4) is 0 Å². The smallest absolute Gasteiger partial charge is 0.291 e. The number of methoxy groups -OCH3 is 1. The van der Waals surface area contributed by atoms with Gasteiger partial charge in [-0.25, -0.2) is 0 Å². The Morgan fingerprint density at radius 3 is 2.37 bits per heavy atom. The van der Waals surface area contributed by atoms with E-state index in [1.165, 1.54) is 0 Å². The number of nitrogens with one attached hydrogen (secondary N) is 1. The molecular formula is C22H17NO4. The van der Waals surface area contributed by atoms with Gasteiger partial charge in [-0.2, -0.15) is 0 Å². The maximum absolute atomic E-state index is 12.5. The van der Waals surface area contributed by atoms with Crippen molar-refractivity contribution in [2.45, 2.75) is 0 Å². The monoisotopic (exact) mass is 359 g/mol. The summed E-state index contributed by atoms with van der Waals surface area (Å²) in [5.74, 6) is 1.93. The minimum atomic E-state index is -0.329. The Balaban J connectivity index is 1.48. The molecule has 4 rings (SSSR count). The standard InChI is InChI=1S/C22H17NO4/c1-25-19-9-5-6-15-14-20(27-21(15)19)22(24)23-16-10-12-18(13-11-16)26-17-7-3-2-4-8-17/h2-14H,1H3,(H,23,24). The van der Waals surface area contributed by atoms with Crippen LogP contribution >= 0.6 is 0 Å². The Kier molecular flexibility index (Phi) is 4.49. The first-order valence-corrected chi connectivity index (χ1v) is 8.44. The lowest BCUT2D eigenvalue weighted by Gasteiger charge is -2.07. The van der Waals surface area contributed by atoms with E-state index in [0.717, 1.165) is 11.1 Å². The molecule has 0 radical (unpaired) electrons. The van der Waals surface area contributed by atoms with Crippen molar-refractivity contribution in [2.75, 3.05) is 12.4 Å². The molecule has 0 bridgehead atoms. The molecule has 1 N–H and O–H groups in total. The van der Waals surface area contributed by atoms with Gasteiger partial charge in [-0.3, -0.25) is 4.79 Å². The largest absolute Gasteiger partial charge is 0.493 e. The van der Waals surface area contributed by atoms with Crippen molar-refractivity contribution in [3.8, 4) is 17.2 Å². The average molecular weight is 359 g/mol. The van der Waals surface area contributed by atoms with Gasteiger partial charge in [0.15, 0.2) is 17.1 Å². The van der Waals surface area contributed by atoms with Gasteiger partial charge in [0.2, 0.25) is 0 Å². The van der Waals surface area contributed by atoms with Crippen LogP contribution < -0.4 is 14.8 Å². The van der Waals surface area contributed by atoms with E-state index in [2.05, 4.69) is 5.32 Å². The molecule has 0 saturated heterocycles. The van der Waals surface area contributed by atoms with Crippen molar-refractivity contribution in [1.82, 2.24) is 0 Å². The molecule has 0 aliphatic rings. The normalized spacial score (nSPS) is 10.6. The summed E-state index contributed by atoms with van der Waals surface area (Å²) in [7, 11) is 1.57. The van der Waals surface area contributed by atoms with Crippen LogP contribution in [0.2, 0.25) is 0 Å². The zero-order valence-electron chi connectivity index (χ0n) is 14.6. The van der Waals surface area contributed by atoms with Crippen LogP contribution in [0.1, 0.15) is 10.6 Å². The topological polar surface area (TPSA) is 60.7 Å². The van der Waals surface area contributed by atoms with Crippen LogP contribution in [0.5, 0.6) is 17.2 Å². The minimum Gasteiger partial charge on any atom is -0.493 e. The fraction of sp³-hybridized carbons (Fsp3) is 0.0455. The van der Waals surface area contributed by atoms with Crippen molar-refractivity contribution >= 4 is 22.6 Å². The molecule has 0 aliphatic carbocycles. The lowest BCUT2D eigenvalue weighted by Crippen LogP contribution is -2.10. The van der Waals surface area contributed by atoms with Gasteiger partial charge in [-0.15, -0.1) is 0 Å². The lowest BCUT2D eigenvalue weighted by molar-refractivity contribution is 0.0998. The second-order valence-corrected chi connectivity index (χ2v) is 5.88. The Morgan fingerprint density at radius 1 is 0.889 bits per heavy atom. The predicted molar refractivity (Wildman–Crippen MR) is 104 cm³/mol. The van der Waals surface area contributed by atoms with Crippen molar-refractivity contribution in [1.29, 1.82) is 0 Å². The number of hydrogen-bond acceptors (Lipinski definition) is 4. The summed E-state index contributed by atoms with van der Waals surface area (Å²) in [6.07, 6.45) is 0. The number of para-hydroxylation sites is 2. The van der Waals surface area contributed by atoms with E-state index in [-0.39, 0.29) is 11.7 Å². The fourth-order valence-electron chi connectivity index (χ4n) is 2.73. The average Bonchev–Trinajstić information content (AvgIpc) is 3.15. The quantitative estimate of drug-likeness (QED) is 0.512. The van der Waals surface area contributed by atoms with Crippen molar-refractivity contribution in [3.63, 3.8) is 0 Å². The van der Waals surface area contributed by atoms with Crippen LogP contribution in [0.25, 0.3) is 11.0 Å². The number of carbonyl (C=O) groups excluding carboxylic acids is 1. The second-order valence-electron chi connectivity index (χ2n) is 5.88. The maximum Gasteiger partial charge on any atom is 0.291 e. The highest BCUT2D eigenvalue weighted by Crippen LogP contribution is 2.29. The van der Waals surface area contributed by atoms with Crippen LogP contribution in [0.15, 0.2) is 83.3 Å². The molecule has 0 aliphatic heterocycles. The maximum atomic E-state index is 12.5. The number of fused-ring (bicyclic) bond motifs is 1. The SMILES string of the molecule is COc1cccc2cc(C(=O)Nc3ccc(Oc4ccccc4)cc3)oc12. The second kappa shape index (κ2) is 7.25. The summed E-state index contributed by atoms with van der Waals surface area (Å²) >= 11 is 0. The van der Waals surface area contributed by atoms with Gasteiger partial charge < -0.3 is 19.2 Å². The van der Waals surface area contributed by atoms with Gasteiger partial charge in [-0.05, 0) is 48.5 Å². The van der Waals surface area contributed by atoms with Gasteiger partial charge in [0.25, 0.3) is 5.91 Å². The molecule has 1 heterocycles. The molecule has 0 fully saturated rings. The van der Waals surface area contributed by atoms with E-state index >= 15 is 0 Å². The first-order chi connectivity index (χ1) is 13.2. The van der Waals surface area contributed by atoms with Crippen molar-refractivity contribution in [3.05, 3.63) is 84.6 Å². The number of rotatable bonds is 5. The highest BCUT2D eigenvalue weighted by atomic mass is 16.5. The van der Waals surface area contributed by atoms with E-state index in [4.69, 9.17) is 13.9 Å². The third-order valence-electron chi connectivity index (χ3n) is 4.04. The van der Waals surface area contributed by atoms with E-state index in [9.17, 15) is 4.79 Å². The summed E-state index contributed by atoms with van der Waals surface area (Å²) in [5.41, 5.74) is 1.20. The number of hydrogen-bond donors (Lipinski definition) is 1. The first kappa shape index (κ1) is 16.7.